The molecule has 20 heavy (non-hydrogen) atoms. The first-order chi connectivity index (χ1) is 9.62. The Bertz CT molecular complexity index is 550. The third kappa shape index (κ3) is 2.07. The van der Waals surface area contributed by atoms with Gasteiger partial charge in [0.25, 0.3) is 5.91 Å². The van der Waals surface area contributed by atoms with E-state index >= 15 is 0 Å². The summed E-state index contributed by atoms with van der Waals surface area (Å²) >= 11 is 0. The number of pyridine rings is 1. The van der Waals surface area contributed by atoms with Crippen molar-refractivity contribution < 1.29 is 9.59 Å². The van der Waals surface area contributed by atoms with Crippen molar-refractivity contribution in [2.75, 3.05) is 11.4 Å². The van der Waals surface area contributed by atoms with E-state index < -0.39 is 5.54 Å². The molecule has 1 aliphatic carbocycles. The van der Waals surface area contributed by atoms with Crippen LogP contribution in [0.4, 0.5) is 5.69 Å². The molecule has 2 aliphatic rings. The highest BCUT2D eigenvalue weighted by molar-refractivity contribution is 6.09. The van der Waals surface area contributed by atoms with E-state index in [2.05, 4.69) is 10.3 Å². The smallest absolute Gasteiger partial charge is 0.253 e. The van der Waals surface area contributed by atoms with E-state index in [0.29, 0.717) is 0 Å². The molecule has 2 amide bonds. The van der Waals surface area contributed by atoms with Crippen molar-refractivity contribution in [1.82, 2.24) is 10.3 Å². The third-order valence-corrected chi connectivity index (χ3v) is 4.31. The minimum absolute atomic E-state index is 0.0212. The molecule has 0 atom stereocenters. The van der Waals surface area contributed by atoms with E-state index in [-0.39, 0.29) is 18.4 Å². The molecule has 5 heteroatoms. The van der Waals surface area contributed by atoms with E-state index in [4.69, 9.17) is 0 Å². The molecule has 1 saturated carbocycles. The van der Waals surface area contributed by atoms with Crippen molar-refractivity contribution in [2.24, 2.45) is 0 Å². The first-order valence-electron chi connectivity index (χ1n) is 7.17. The standard InChI is InChI=1S/C15H19N3O2/c1-11-12(6-5-9-16-11)18-10-13(19)17-15(14(18)20)7-3-2-4-8-15/h5-6,9H,2-4,7-8,10H2,1H3,(H,17,19). The molecule has 1 spiro atoms. The highest BCUT2D eigenvalue weighted by atomic mass is 16.2. The number of anilines is 1. The Morgan fingerprint density at radius 1 is 1.25 bits per heavy atom. The molecule has 106 valence electrons. The predicted molar refractivity (Wildman–Crippen MR) is 75.3 cm³/mol. The van der Waals surface area contributed by atoms with Gasteiger partial charge in [0, 0.05) is 6.20 Å². The number of nitrogens with one attached hydrogen (secondary N) is 1. The van der Waals surface area contributed by atoms with Gasteiger partial charge in [-0.3, -0.25) is 19.5 Å². The van der Waals surface area contributed by atoms with Crippen LogP contribution in [0, 0.1) is 6.92 Å². The molecule has 0 radical (unpaired) electrons. The number of piperazine rings is 1. The van der Waals surface area contributed by atoms with Gasteiger partial charge in [0.05, 0.1) is 11.4 Å². The lowest BCUT2D eigenvalue weighted by molar-refractivity contribution is -0.137. The zero-order chi connectivity index (χ0) is 14.2. The topological polar surface area (TPSA) is 62.3 Å². The first kappa shape index (κ1) is 13.1. The van der Waals surface area contributed by atoms with Crippen LogP contribution in [0.15, 0.2) is 18.3 Å². The second-order valence-electron chi connectivity index (χ2n) is 5.69. The van der Waals surface area contributed by atoms with Crippen LogP contribution in [-0.4, -0.2) is 28.9 Å². The fraction of sp³-hybridized carbons (Fsp3) is 0.533. The van der Waals surface area contributed by atoms with Crippen LogP contribution >= 0.6 is 0 Å². The van der Waals surface area contributed by atoms with Gasteiger partial charge in [-0.05, 0) is 31.9 Å². The minimum Gasteiger partial charge on any atom is -0.340 e. The molecule has 1 aromatic rings. The Labute approximate surface area is 118 Å². The molecule has 1 saturated heterocycles. The molecule has 2 fully saturated rings. The predicted octanol–water partition coefficient (Wildman–Crippen LogP) is 1.56. The summed E-state index contributed by atoms with van der Waals surface area (Å²) in [5.74, 6) is -0.0531. The number of rotatable bonds is 1. The van der Waals surface area contributed by atoms with E-state index in [1.165, 1.54) is 0 Å². The zero-order valence-electron chi connectivity index (χ0n) is 11.7. The Morgan fingerprint density at radius 2 is 2.00 bits per heavy atom. The SMILES string of the molecule is Cc1ncccc1N1CC(=O)NC2(CCCCC2)C1=O. The largest absolute Gasteiger partial charge is 0.340 e. The first-order valence-corrected chi connectivity index (χ1v) is 7.17. The lowest BCUT2D eigenvalue weighted by Crippen LogP contribution is -2.67. The highest BCUT2D eigenvalue weighted by Crippen LogP contribution is 2.34. The van der Waals surface area contributed by atoms with Crippen LogP contribution in [-0.2, 0) is 9.59 Å². The summed E-state index contributed by atoms with van der Waals surface area (Å²) in [6.45, 7) is 1.95. The van der Waals surface area contributed by atoms with Crippen molar-refractivity contribution in [2.45, 2.75) is 44.6 Å². The molecule has 0 aromatic carbocycles. The molecular weight excluding hydrogens is 254 g/mol. The van der Waals surface area contributed by atoms with Crippen LogP contribution < -0.4 is 10.2 Å². The Kier molecular flexibility index (Phi) is 3.20. The summed E-state index contributed by atoms with van der Waals surface area (Å²) in [5.41, 5.74) is 0.842. The highest BCUT2D eigenvalue weighted by Gasteiger charge is 2.47. The number of hydrogen-bond acceptors (Lipinski definition) is 3. The maximum absolute atomic E-state index is 12.9. The number of carbonyl (C=O) groups is 2. The minimum atomic E-state index is -0.685. The van der Waals surface area contributed by atoms with Crippen LogP contribution in [0.2, 0.25) is 0 Å². The van der Waals surface area contributed by atoms with Crippen molar-refractivity contribution >= 4 is 17.5 Å². The van der Waals surface area contributed by atoms with Crippen molar-refractivity contribution in [1.29, 1.82) is 0 Å². The van der Waals surface area contributed by atoms with Gasteiger partial charge in [-0.25, -0.2) is 0 Å². The average molecular weight is 273 g/mol. The second-order valence-corrected chi connectivity index (χ2v) is 5.69. The maximum Gasteiger partial charge on any atom is 0.253 e. The summed E-state index contributed by atoms with van der Waals surface area (Å²) in [7, 11) is 0. The zero-order valence-corrected chi connectivity index (χ0v) is 11.7. The summed E-state index contributed by atoms with van der Waals surface area (Å²) in [6, 6.07) is 3.66. The van der Waals surface area contributed by atoms with Gasteiger partial charge in [-0.15, -0.1) is 0 Å². The number of nitrogens with zero attached hydrogens (tertiary/aromatic N) is 2. The van der Waals surface area contributed by atoms with Crippen LogP contribution in [0.3, 0.4) is 0 Å². The van der Waals surface area contributed by atoms with Gasteiger partial charge in [0.1, 0.15) is 12.1 Å². The number of hydrogen-bond donors (Lipinski definition) is 1. The molecule has 3 rings (SSSR count). The average Bonchev–Trinajstić information content (AvgIpc) is 2.45. The van der Waals surface area contributed by atoms with E-state index in [1.54, 1.807) is 17.2 Å². The Hall–Kier alpha value is -1.91. The molecule has 1 aromatic heterocycles. The van der Waals surface area contributed by atoms with Crippen LogP contribution in [0.25, 0.3) is 0 Å². The lowest BCUT2D eigenvalue weighted by atomic mass is 9.79. The van der Waals surface area contributed by atoms with Gasteiger partial charge in [0.2, 0.25) is 5.91 Å². The molecular formula is C15H19N3O2. The fourth-order valence-electron chi connectivity index (χ4n) is 3.28. The molecule has 1 aliphatic heterocycles. The Balaban J connectivity index is 1.97. The van der Waals surface area contributed by atoms with Gasteiger partial charge in [-0.1, -0.05) is 19.3 Å². The maximum atomic E-state index is 12.9. The number of amides is 2. The molecule has 0 bridgehead atoms. The van der Waals surface area contributed by atoms with E-state index in [0.717, 1.165) is 43.5 Å². The number of carbonyl (C=O) groups excluding carboxylic acids is 2. The summed E-state index contributed by atoms with van der Waals surface area (Å²) in [6.07, 6.45) is 6.30. The lowest BCUT2D eigenvalue weighted by Gasteiger charge is -2.44. The van der Waals surface area contributed by atoms with Gasteiger partial charge in [0.15, 0.2) is 0 Å². The van der Waals surface area contributed by atoms with Gasteiger partial charge in [-0.2, -0.15) is 0 Å². The molecule has 0 unspecified atom stereocenters. The summed E-state index contributed by atoms with van der Waals surface area (Å²) in [4.78, 5) is 30.8. The molecule has 1 N–H and O–H groups in total. The normalized spacial score (nSPS) is 21.9. The fourth-order valence-corrected chi connectivity index (χ4v) is 3.28. The third-order valence-electron chi connectivity index (χ3n) is 4.31. The molecule has 5 nitrogen and oxygen atoms in total. The second kappa shape index (κ2) is 4.89. The van der Waals surface area contributed by atoms with Crippen LogP contribution in [0.1, 0.15) is 37.8 Å². The number of aryl methyl sites for hydroxylation is 1. The monoisotopic (exact) mass is 273 g/mol. The van der Waals surface area contributed by atoms with Crippen molar-refractivity contribution in [3.05, 3.63) is 24.0 Å². The quantitative estimate of drug-likeness (QED) is 0.844. The van der Waals surface area contributed by atoms with Gasteiger partial charge >= 0.3 is 0 Å². The molecule has 2 heterocycles. The van der Waals surface area contributed by atoms with Crippen molar-refractivity contribution in [3.8, 4) is 0 Å². The summed E-state index contributed by atoms with van der Waals surface area (Å²) < 4.78 is 0. The summed E-state index contributed by atoms with van der Waals surface area (Å²) in [5, 5.41) is 2.95. The van der Waals surface area contributed by atoms with Crippen molar-refractivity contribution in [3.63, 3.8) is 0 Å². The number of aromatic nitrogens is 1. The van der Waals surface area contributed by atoms with Gasteiger partial charge < -0.3 is 5.32 Å². The van der Waals surface area contributed by atoms with Crippen LogP contribution in [0.5, 0.6) is 0 Å². The van der Waals surface area contributed by atoms with E-state index in [1.807, 2.05) is 13.0 Å². The van der Waals surface area contributed by atoms with E-state index in [9.17, 15) is 9.59 Å². The Morgan fingerprint density at radius 3 is 2.70 bits per heavy atom.